The van der Waals surface area contributed by atoms with Crippen LogP contribution in [0.1, 0.15) is 6.92 Å². The minimum atomic E-state index is 0.303. The second kappa shape index (κ2) is 7.43. The molecule has 0 saturated heterocycles. The lowest BCUT2D eigenvalue weighted by Gasteiger charge is -2.09. The van der Waals surface area contributed by atoms with Gasteiger partial charge in [-0.25, -0.2) is 10.8 Å². The lowest BCUT2D eigenvalue weighted by atomic mass is 10.3. The lowest BCUT2D eigenvalue weighted by molar-refractivity contribution is 0.139. The highest BCUT2D eigenvalue weighted by molar-refractivity contribution is 6.30. The predicted molar refractivity (Wildman–Crippen MR) is 94.4 cm³/mol. The molecule has 0 aliphatic heterocycles. The zero-order valence-corrected chi connectivity index (χ0v) is 13.9. The monoisotopic (exact) mass is 347 g/mol. The van der Waals surface area contributed by atoms with Gasteiger partial charge in [-0.3, -0.25) is 5.43 Å². The van der Waals surface area contributed by atoms with Crippen LogP contribution in [0.2, 0.25) is 5.02 Å². The molecule has 24 heavy (non-hydrogen) atoms. The number of aromatic nitrogens is 4. The Labute approximate surface area is 144 Å². The van der Waals surface area contributed by atoms with Crippen molar-refractivity contribution in [3.05, 3.63) is 35.6 Å². The number of nitrogen functional groups attached to an aromatic ring is 1. The van der Waals surface area contributed by atoms with Gasteiger partial charge in [-0.15, -0.1) is 0 Å². The Morgan fingerprint density at radius 3 is 2.75 bits per heavy atom. The van der Waals surface area contributed by atoms with Gasteiger partial charge in [-0.05, 0) is 31.2 Å². The summed E-state index contributed by atoms with van der Waals surface area (Å²) < 4.78 is 7.29. The number of nitrogens with zero attached hydrogens (tertiary/aromatic N) is 4. The normalized spacial score (nSPS) is 11.0. The van der Waals surface area contributed by atoms with Gasteiger partial charge in [0.05, 0.1) is 12.9 Å². The fraction of sp³-hybridized carbons (Fsp3) is 0.267. The van der Waals surface area contributed by atoms with Gasteiger partial charge < -0.3 is 14.6 Å². The highest BCUT2D eigenvalue weighted by Crippen LogP contribution is 2.24. The molecule has 0 aliphatic carbocycles. The number of nitrogens with one attached hydrogen (secondary N) is 2. The minimum absolute atomic E-state index is 0.303. The van der Waals surface area contributed by atoms with Crippen LogP contribution in [0.5, 0.6) is 0 Å². The summed E-state index contributed by atoms with van der Waals surface area (Å²) in [7, 11) is 0. The van der Waals surface area contributed by atoms with E-state index in [0.29, 0.717) is 47.7 Å². The molecule has 0 spiro atoms. The number of rotatable bonds is 7. The molecule has 0 unspecified atom stereocenters. The summed E-state index contributed by atoms with van der Waals surface area (Å²) >= 11 is 5.91. The van der Waals surface area contributed by atoms with Crippen molar-refractivity contribution in [1.82, 2.24) is 19.5 Å². The molecule has 0 amide bonds. The van der Waals surface area contributed by atoms with E-state index in [-0.39, 0.29) is 0 Å². The smallest absolute Gasteiger partial charge is 0.241 e. The van der Waals surface area contributed by atoms with E-state index in [1.165, 1.54) is 0 Å². The summed E-state index contributed by atoms with van der Waals surface area (Å²) in [4.78, 5) is 13.1. The summed E-state index contributed by atoms with van der Waals surface area (Å²) in [5, 5.41) is 3.88. The Hall–Kier alpha value is -2.42. The minimum Gasteiger partial charge on any atom is -0.380 e. The second-order valence-electron chi connectivity index (χ2n) is 4.98. The Bertz CT molecular complexity index is 819. The number of benzene rings is 1. The molecule has 0 radical (unpaired) electrons. The fourth-order valence-electron chi connectivity index (χ4n) is 2.24. The molecular weight excluding hydrogens is 330 g/mol. The molecule has 126 valence electrons. The molecule has 2 aromatic heterocycles. The summed E-state index contributed by atoms with van der Waals surface area (Å²) in [5.41, 5.74) is 4.65. The quantitative estimate of drug-likeness (QED) is 0.343. The number of hydrogen-bond donors (Lipinski definition) is 3. The van der Waals surface area contributed by atoms with E-state index in [1.807, 2.05) is 23.6 Å². The average molecular weight is 348 g/mol. The van der Waals surface area contributed by atoms with Gasteiger partial charge in [0.25, 0.3) is 0 Å². The highest BCUT2D eigenvalue weighted by Gasteiger charge is 2.13. The molecule has 1 aromatic carbocycles. The van der Waals surface area contributed by atoms with Gasteiger partial charge in [-0.1, -0.05) is 11.6 Å². The van der Waals surface area contributed by atoms with Crippen LogP contribution in [0.15, 0.2) is 30.6 Å². The van der Waals surface area contributed by atoms with Gasteiger partial charge >= 0.3 is 0 Å². The van der Waals surface area contributed by atoms with Gasteiger partial charge in [0.2, 0.25) is 5.95 Å². The lowest BCUT2D eigenvalue weighted by Crippen LogP contribution is -2.13. The number of hydrazine groups is 1. The summed E-state index contributed by atoms with van der Waals surface area (Å²) in [6.07, 6.45) is 1.71. The third-order valence-electron chi connectivity index (χ3n) is 3.38. The third-order valence-corrected chi connectivity index (χ3v) is 3.63. The third kappa shape index (κ3) is 3.56. The first kappa shape index (κ1) is 16.4. The standard InChI is InChI=1S/C15H18ClN7O/c1-2-24-8-7-23-9-18-12-13(20-15(22-17)21-14(12)23)19-11-5-3-10(16)4-6-11/h3-6,9H,2,7-8,17H2,1H3,(H2,19,20,21,22). The molecule has 8 nitrogen and oxygen atoms in total. The van der Waals surface area contributed by atoms with Crippen molar-refractivity contribution in [3.8, 4) is 0 Å². The van der Waals surface area contributed by atoms with E-state index in [1.54, 1.807) is 18.5 Å². The first-order valence-electron chi connectivity index (χ1n) is 7.51. The molecule has 0 aliphatic rings. The van der Waals surface area contributed by atoms with Crippen molar-refractivity contribution in [3.63, 3.8) is 0 Å². The Balaban J connectivity index is 1.95. The Morgan fingerprint density at radius 2 is 2.04 bits per heavy atom. The van der Waals surface area contributed by atoms with Crippen LogP contribution in [-0.2, 0) is 11.3 Å². The van der Waals surface area contributed by atoms with Crippen molar-refractivity contribution in [2.45, 2.75) is 13.5 Å². The van der Waals surface area contributed by atoms with Crippen LogP contribution in [0.4, 0.5) is 17.5 Å². The van der Waals surface area contributed by atoms with Crippen molar-refractivity contribution < 1.29 is 4.74 Å². The SMILES string of the molecule is CCOCCn1cnc2c(Nc3ccc(Cl)cc3)nc(NN)nc21. The van der Waals surface area contributed by atoms with Crippen LogP contribution >= 0.6 is 11.6 Å². The summed E-state index contributed by atoms with van der Waals surface area (Å²) in [6, 6.07) is 7.31. The topological polar surface area (TPSA) is 103 Å². The van der Waals surface area contributed by atoms with Gasteiger partial charge in [0.1, 0.15) is 0 Å². The largest absolute Gasteiger partial charge is 0.380 e. The first-order valence-corrected chi connectivity index (χ1v) is 7.89. The second-order valence-corrected chi connectivity index (χ2v) is 5.42. The van der Waals surface area contributed by atoms with Crippen LogP contribution in [0.25, 0.3) is 11.2 Å². The van der Waals surface area contributed by atoms with Crippen molar-refractivity contribution in [2.24, 2.45) is 5.84 Å². The number of hydrogen-bond acceptors (Lipinski definition) is 7. The van der Waals surface area contributed by atoms with Gasteiger partial charge in [-0.2, -0.15) is 9.97 Å². The molecule has 2 heterocycles. The maximum atomic E-state index is 5.91. The number of halogens is 1. The first-order chi connectivity index (χ1) is 11.7. The van der Waals surface area contributed by atoms with Crippen LogP contribution in [0, 0.1) is 0 Å². The fourth-order valence-corrected chi connectivity index (χ4v) is 2.36. The molecule has 9 heteroatoms. The molecule has 0 bridgehead atoms. The average Bonchev–Trinajstić information content (AvgIpc) is 3.00. The number of nitrogens with two attached hydrogens (primary N) is 1. The number of imidazole rings is 1. The molecular formula is C15H18ClN7O. The van der Waals surface area contributed by atoms with Crippen LogP contribution in [-0.4, -0.2) is 32.7 Å². The van der Waals surface area contributed by atoms with E-state index in [4.69, 9.17) is 22.2 Å². The molecule has 0 saturated carbocycles. The molecule has 0 atom stereocenters. The van der Waals surface area contributed by atoms with E-state index < -0.39 is 0 Å². The van der Waals surface area contributed by atoms with Crippen LogP contribution in [0.3, 0.4) is 0 Å². The Kier molecular flexibility index (Phi) is 5.09. The molecule has 3 aromatic rings. The molecule has 0 fully saturated rings. The molecule has 3 rings (SSSR count). The Morgan fingerprint density at radius 1 is 1.25 bits per heavy atom. The highest BCUT2D eigenvalue weighted by atomic mass is 35.5. The number of anilines is 3. The van der Waals surface area contributed by atoms with E-state index in [9.17, 15) is 0 Å². The molecule has 4 N–H and O–H groups in total. The van der Waals surface area contributed by atoms with E-state index in [2.05, 4.69) is 25.7 Å². The maximum Gasteiger partial charge on any atom is 0.241 e. The summed E-state index contributed by atoms with van der Waals surface area (Å²) in [5.74, 6) is 6.35. The van der Waals surface area contributed by atoms with E-state index >= 15 is 0 Å². The predicted octanol–water partition coefficient (Wildman–Crippen LogP) is 2.55. The van der Waals surface area contributed by atoms with Crippen molar-refractivity contribution >= 4 is 40.2 Å². The van der Waals surface area contributed by atoms with Crippen LogP contribution < -0.4 is 16.6 Å². The zero-order valence-electron chi connectivity index (χ0n) is 13.2. The van der Waals surface area contributed by atoms with E-state index in [0.717, 1.165) is 5.69 Å². The zero-order chi connectivity index (χ0) is 16.9. The summed E-state index contributed by atoms with van der Waals surface area (Å²) in [6.45, 7) is 3.85. The number of ether oxygens (including phenoxy) is 1. The van der Waals surface area contributed by atoms with Crippen molar-refractivity contribution in [2.75, 3.05) is 24.0 Å². The number of fused-ring (bicyclic) bond motifs is 1. The van der Waals surface area contributed by atoms with Gasteiger partial charge in [0.15, 0.2) is 17.0 Å². The van der Waals surface area contributed by atoms with Gasteiger partial charge in [0, 0.05) is 23.9 Å². The maximum absolute atomic E-state index is 5.91. The van der Waals surface area contributed by atoms with Crippen molar-refractivity contribution in [1.29, 1.82) is 0 Å².